The molecule has 2 saturated heterocycles. The standard InChI is InChI=1S/C28H34F3N5O7/c1-28(2,3)22-11-16(33-43-22)10-20-27(41-14-23(38)35-4-6-40-7-5-35)25(26(39)21(13-37)42-20)36-12-19(32-34-36)15-8-17(29)24(31)18(30)9-15/h8-9,11-12,20-21,25-27,37,39H,4-7,10,13-14H2,1-3H3/t20-,21-,25+,26+,27+/m1/s1. The van der Waals surface area contributed by atoms with Gasteiger partial charge >= 0.3 is 0 Å². The summed E-state index contributed by atoms with van der Waals surface area (Å²) in [5, 5.41) is 33.6. The van der Waals surface area contributed by atoms with E-state index in [4.69, 9.17) is 18.7 Å². The van der Waals surface area contributed by atoms with Crippen LogP contribution < -0.4 is 0 Å². The lowest BCUT2D eigenvalue weighted by Gasteiger charge is -2.44. The van der Waals surface area contributed by atoms with E-state index in [9.17, 15) is 28.2 Å². The van der Waals surface area contributed by atoms with Gasteiger partial charge in [0.2, 0.25) is 5.91 Å². The van der Waals surface area contributed by atoms with Crippen LogP contribution >= 0.6 is 0 Å². The molecule has 3 aromatic rings. The molecule has 1 amide bonds. The number of rotatable bonds is 8. The third-order valence-corrected chi connectivity index (χ3v) is 7.53. The summed E-state index contributed by atoms with van der Waals surface area (Å²) in [7, 11) is 0. The van der Waals surface area contributed by atoms with E-state index in [2.05, 4.69) is 15.5 Å². The number of amides is 1. The van der Waals surface area contributed by atoms with E-state index in [0.29, 0.717) is 37.8 Å². The highest BCUT2D eigenvalue weighted by Crippen LogP contribution is 2.35. The van der Waals surface area contributed by atoms with Crippen molar-refractivity contribution in [1.29, 1.82) is 0 Å². The molecule has 2 fully saturated rings. The molecule has 15 heteroatoms. The Hall–Kier alpha value is -3.37. The predicted molar refractivity (Wildman–Crippen MR) is 142 cm³/mol. The molecule has 0 aliphatic carbocycles. The second-order valence-corrected chi connectivity index (χ2v) is 11.6. The van der Waals surface area contributed by atoms with Crippen LogP contribution in [-0.2, 0) is 30.8 Å². The van der Waals surface area contributed by atoms with Gasteiger partial charge in [0.1, 0.15) is 42.4 Å². The summed E-state index contributed by atoms with van der Waals surface area (Å²) in [6.07, 6.45) is -2.94. The molecule has 4 heterocycles. The zero-order chi connectivity index (χ0) is 30.9. The van der Waals surface area contributed by atoms with Crippen molar-refractivity contribution in [3.8, 4) is 11.3 Å². The number of hydrogen-bond acceptors (Lipinski definition) is 10. The SMILES string of the molecule is CC(C)(C)c1cc(C[C@H]2O[C@H](CO)[C@H](O)[C@H](n3cc(-c4cc(F)c(F)c(F)c4)nn3)[C@H]2OCC(=O)N2CCOCC2)no1. The van der Waals surface area contributed by atoms with Gasteiger partial charge in [-0.1, -0.05) is 31.1 Å². The minimum atomic E-state index is -1.62. The molecular weight excluding hydrogens is 575 g/mol. The van der Waals surface area contributed by atoms with Crippen LogP contribution in [-0.4, -0.2) is 105 Å². The van der Waals surface area contributed by atoms with Crippen molar-refractivity contribution in [3.05, 3.63) is 53.3 Å². The highest BCUT2D eigenvalue weighted by atomic mass is 19.2. The van der Waals surface area contributed by atoms with Crippen molar-refractivity contribution in [2.75, 3.05) is 39.5 Å². The number of carbonyl (C=O) groups excluding carboxylic acids is 1. The van der Waals surface area contributed by atoms with E-state index in [-0.39, 0.29) is 35.6 Å². The number of benzene rings is 1. The maximum atomic E-state index is 13.9. The molecule has 5 rings (SSSR count). The average Bonchev–Trinajstić information content (AvgIpc) is 3.66. The highest BCUT2D eigenvalue weighted by molar-refractivity contribution is 5.77. The molecular formula is C28H34F3N5O7. The molecule has 0 saturated carbocycles. The van der Waals surface area contributed by atoms with Crippen molar-refractivity contribution < 1.29 is 46.9 Å². The molecule has 43 heavy (non-hydrogen) atoms. The normalized spacial score (nSPS) is 24.8. The first-order valence-corrected chi connectivity index (χ1v) is 13.9. The topological polar surface area (TPSA) is 145 Å². The second-order valence-electron chi connectivity index (χ2n) is 11.6. The zero-order valence-electron chi connectivity index (χ0n) is 24.0. The molecule has 1 aromatic carbocycles. The van der Waals surface area contributed by atoms with Gasteiger partial charge < -0.3 is 33.8 Å². The number of halogens is 3. The summed E-state index contributed by atoms with van der Waals surface area (Å²) >= 11 is 0. The van der Waals surface area contributed by atoms with Gasteiger partial charge in [0.25, 0.3) is 0 Å². The summed E-state index contributed by atoms with van der Waals surface area (Å²) in [5.41, 5.74) is 0.105. The number of morpholine rings is 1. The molecule has 0 spiro atoms. The quantitative estimate of drug-likeness (QED) is 0.363. The molecule has 2 aromatic heterocycles. The van der Waals surface area contributed by atoms with Crippen molar-refractivity contribution in [3.63, 3.8) is 0 Å². The third kappa shape index (κ3) is 6.75. The number of nitrogens with zero attached hydrogens (tertiary/aromatic N) is 5. The number of aromatic nitrogens is 4. The van der Waals surface area contributed by atoms with Crippen LogP contribution in [0.1, 0.15) is 38.3 Å². The fourth-order valence-electron chi connectivity index (χ4n) is 5.14. The van der Waals surface area contributed by atoms with Crippen LogP contribution in [0.4, 0.5) is 13.2 Å². The van der Waals surface area contributed by atoms with Crippen LogP contribution in [0.25, 0.3) is 11.3 Å². The summed E-state index contributed by atoms with van der Waals surface area (Å²) in [6.45, 7) is 6.57. The van der Waals surface area contributed by atoms with Gasteiger partial charge in [0, 0.05) is 36.6 Å². The zero-order valence-corrected chi connectivity index (χ0v) is 24.0. The summed E-state index contributed by atoms with van der Waals surface area (Å²) in [4.78, 5) is 14.6. The van der Waals surface area contributed by atoms with Gasteiger partial charge in [-0.15, -0.1) is 5.10 Å². The molecule has 2 aliphatic heterocycles. The van der Waals surface area contributed by atoms with E-state index in [1.54, 1.807) is 11.0 Å². The van der Waals surface area contributed by atoms with Crippen LogP contribution in [0.2, 0.25) is 0 Å². The molecule has 0 bridgehead atoms. The van der Waals surface area contributed by atoms with E-state index < -0.39 is 54.5 Å². The van der Waals surface area contributed by atoms with Crippen molar-refractivity contribution in [1.82, 2.24) is 25.1 Å². The van der Waals surface area contributed by atoms with Crippen LogP contribution in [0, 0.1) is 17.5 Å². The van der Waals surface area contributed by atoms with Gasteiger partial charge in [-0.3, -0.25) is 4.79 Å². The first kappa shape index (κ1) is 31.1. The number of aliphatic hydroxyl groups excluding tert-OH is 2. The molecule has 12 nitrogen and oxygen atoms in total. The molecule has 5 atom stereocenters. The minimum absolute atomic E-state index is 0.0111. The van der Waals surface area contributed by atoms with Crippen LogP contribution in [0.15, 0.2) is 28.9 Å². The molecule has 0 unspecified atom stereocenters. The molecule has 0 radical (unpaired) electrons. The Kier molecular flexibility index (Phi) is 9.18. The maximum absolute atomic E-state index is 13.9. The number of aliphatic hydroxyl groups is 2. The lowest BCUT2D eigenvalue weighted by Crippen LogP contribution is -2.58. The second kappa shape index (κ2) is 12.7. The van der Waals surface area contributed by atoms with Crippen LogP contribution in [0.5, 0.6) is 0 Å². The first-order chi connectivity index (χ1) is 20.5. The lowest BCUT2D eigenvalue weighted by molar-refractivity contribution is -0.219. The van der Waals surface area contributed by atoms with Gasteiger partial charge in [-0.05, 0) is 12.1 Å². The van der Waals surface area contributed by atoms with E-state index >= 15 is 0 Å². The predicted octanol–water partition coefficient (Wildman–Crippen LogP) is 1.80. The Morgan fingerprint density at radius 2 is 1.81 bits per heavy atom. The summed E-state index contributed by atoms with van der Waals surface area (Å²) < 4.78 is 65.7. The van der Waals surface area contributed by atoms with Crippen LogP contribution in [0.3, 0.4) is 0 Å². The Morgan fingerprint density at radius 1 is 1.12 bits per heavy atom. The molecule has 2 aliphatic rings. The Morgan fingerprint density at radius 3 is 2.44 bits per heavy atom. The third-order valence-electron chi connectivity index (χ3n) is 7.53. The fraction of sp³-hybridized carbons (Fsp3) is 0.571. The Labute approximate surface area is 245 Å². The minimum Gasteiger partial charge on any atom is -0.394 e. The number of ether oxygens (including phenoxy) is 3. The van der Waals surface area contributed by atoms with E-state index in [0.717, 1.165) is 12.1 Å². The Bertz CT molecular complexity index is 1400. The fourth-order valence-corrected chi connectivity index (χ4v) is 5.14. The van der Waals surface area contributed by atoms with Crippen molar-refractivity contribution in [2.24, 2.45) is 0 Å². The average molecular weight is 610 g/mol. The lowest BCUT2D eigenvalue weighted by atomic mass is 9.89. The summed E-state index contributed by atoms with van der Waals surface area (Å²) in [5.74, 6) is -4.09. The monoisotopic (exact) mass is 609 g/mol. The maximum Gasteiger partial charge on any atom is 0.248 e. The highest BCUT2D eigenvalue weighted by Gasteiger charge is 2.48. The largest absolute Gasteiger partial charge is 0.394 e. The first-order valence-electron chi connectivity index (χ1n) is 13.9. The number of hydrogen-bond donors (Lipinski definition) is 2. The Balaban J connectivity index is 1.47. The van der Waals surface area contributed by atoms with Crippen molar-refractivity contribution in [2.45, 2.75) is 63.1 Å². The van der Waals surface area contributed by atoms with Gasteiger partial charge in [-0.2, -0.15) is 0 Å². The number of carbonyl (C=O) groups is 1. The molecule has 234 valence electrons. The smallest absolute Gasteiger partial charge is 0.248 e. The van der Waals surface area contributed by atoms with Gasteiger partial charge in [0.15, 0.2) is 17.5 Å². The van der Waals surface area contributed by atoms with E-state index in [1.807, 2.05) is 20.8 Å². The van der Waals surface area contributed by atoms with Gasteiger partial charge in [-0.25, -0.2) is 17.9 Å². The molecule has 2 N–H and O–H groups in total. The van der Waals surface area contributed by atoms with Crippen molar-refractivity contribution >= 4 is 5.91 Å². The van der Waals surface area contributed by atoms with E-state index in [1.165, 1.54) is 10.9 Å². The van der Waals surface area contributed by atoms with Gasteiger partial charge in [0.05, 0.1) is 37.8 Å². The summed E-state index contributed by atoms with van der Waals surface area (Å²) in [6, 6.07) is 2.26.